The zero-order chi connectivity index (χ0) is 19.7. The van der Waals surface area contributed by atoms with Crippen molar-refractivity contribution in [2.45, 2.75) is 47.1 Å². The van der Waals surface area contributed by atoms with Gasteiger partial charge in [0.15, 0.2) is 0 Å². The maximum atomic E-state index is 13.2. The van der Waals surface area contributed by atoms with Crippen LogP contribution in [0, 0.1) is 10.8 Å². The number of likely N-dealkylation sites (tertiary alicyclic amines) is 1. The molecule has 2 aromatic rings. The fraction of sp³-hybridized carbons (Fsp3) is 0.458. The molecule has 2 nitrogen and oxygen atoms in total. The highest BCUT2D eigenvalue weighted by Gasteiger charge is 2.43. The van der Waals surface area contributed by atoms with E-state index < -0.39 is 7.92 Å². The second-order valence-electron chi connectivity index (χ2n) is 9.49. The number of rotatable bonds is 4. The molecule has 0 bridgehead atoms. The Balaban J connectivity index is 1.93. The molecule has 1 atom stereocenters. The summed E-state index contributed by atoms with van der Waals surface area (Å²) in [5.41, 5.74) is -0.152. The van der Waals surface area contributed by atoms with E-state index in [2.05, 4.69) is 79.4 Å². The van der Waals surface area contributed by atoms with E-state index in [9.17, 15) is 4.79 Å². The third-order valence-corrected chi connectivity index (χ3v) is 7.89. The predicted octanol–water partition coefficient (Wildman–Crippen LogP) is 4.79. The van der Waals surface area contributed by atoms with E-state index >= 15 is 0 Å². The monoisotopic (exact) mass is 381 g/mol. The summed E-state index contributed by atoms with van der Waals surface area (Å²) in [6.45, 7) is 11.6. The first-order valence-electron chi connectivity index (χ1n) is 9.86. The second-order valence-corrected chi connectivity index (χ2v) is 11.7. The van der Waals surface area contributed by atoms with Gasteiger partial charge in [-0.25, -0.2) is 0 Å². The van der Waals surface area contributed by atoms with Gasteiger partial charge in [0.2, 0.25) is 5.91 Å². The van der Waals surface area contributed by atoms with Gasteiger partial charge in [-0.05, 0) is 36.5 Å². The van der Waals surface area contributed by atoms with Crippen LogP contribution in [0.1, 0.15) is 41.0 Å². The Morgan fingerprint density at radius 1 is 1.00 bits per heavy atom. The van der Waals surface area contributed by atoms with E-state index in [4.69, 9.17) is 0 Å². The van der Waals surface area contributed by atoms with Crippen molar-refractivity contribution in [2.75, 3.05) is 12.7 Å². The average Bonchev–Trinajstić information content (AvgIpc) is 2.94. The zero-order valence-corrected chi connectivity index (χ0v) is 18.2. The first-order chi connectivity index (χ1) is 12.7. The highest BCUT2D eigenvalue weighted by Crippen LogP contribution is 2.43. The fourth-order valence-electron chi connectivity index (χ4n) is 4.02. The van der Waals surface area contributed by atoms with Crippen LogP contribution in [-0.2, 0) is 4.79 Å². The molecule has 0 N–H and O–H groups in total. The molecule has 0 unspecified atom stereocenters. The van der Waals surface area contributed by atoms with Gasteiger partial charge in [-0.15, -0.1) is 0 Å². The van der Waals surface area contributed by atoms with Crippen LogP contribution < -0.4 is 10.6 Å². The predicted molar refractivity (Wildman–Crippen MR) is 117 cm³/mol. The van der Waals surface area contributed by atoms with Crippen LogP contribution in [0.2, 0.25) is 0 Å². The summed E-state index contributed by atoms with van der Waals surface area (Å²) >= 11 is 0. The van der Waals surface area contributed by atoms with E-state index in [1.165, 1.54) is 10.6 Å². The Hall–Kier alpha value is -1.66. The molecule has 0 saturated carbocycles. The molecule has 1 heterocycles. The van der Waals surface area contributed by atoms with Gasteiger partial charge >= 0.3 is 0 Å². The van der Waals surface area contributed by atoms with Crippen molar-refractivity contribution in [2.24, 2.45) is 10.8 Å². The minimum Gasteiger partial charge on any atom is -0.338 e. The maximum absolute atomic E-state index is 13.2. The van der Waals surface area contributed by atoms with E-state index in [1.807, 2.05) is 20.8 Å². The molecule has 3 rings (SSSR count). The average molecular weight is 382 g/mol. The van der Waals surface area contributed by atoms with Gasteiger partial charge in [-0.3, -0.25) is 4.79 Å². The van der Waals surface area contributed by atoms with Crippen molar-refractivity contribution in [3.8, 4) is 0 Å². The highest BCUT2D eigenvalue weighted by molar-refractivity contribution is 7.73. The summed E-state index contributed by atoms with van der Waals surface area (Å²) in [6, 6.07) is 22.0. The van der Waals surface area contributed by atoms with Crippen molar-refractivity contribution in [1.29, 1.82) is 0 Å². The number of hydrogen-bond donors (Lipinski definition) is 0. The molecule has 2 aromatic carbocycles. The lowest BCUT2D eigenvalue weighted by atomic mass is 9.91. The molecule has 144 valence electrons. The molecule has 1 fully saturated rings. The molecule has 1 saturated heterocycles. The molecule has 3 heteroatoms. The molecular formula is C24H32NOP. The van der Waals surface area contributed by atoms with Crippen LogP contribution in [0.5, 0.6) is 0 Å². The molecule has 1 amide bonds. The van der Waals surface area contributed by atoms with Crippen molar-refractivity contribution in [3.63, 3.8) is 0 Å². The lowest BCUT2D eigenvalue weighted by Gasteiger charge is -2.33. The maximum Gasteiger partial charge on any atom is 0.228 e. The first-order valence-corrected chi connectivity index (χ1v) is 11.4. The third-order valence-electron chi connectivity index (χ3n) is 5.26. The molecule has 0 spiro atoms. The number of benzene rings is 2. The Labute approximate surface area is 165 Å². The molecule has 0 aromatic heterocycles. The summed E-state index contributed by atoms with van der Waals surface area (Å²) in [7, 11) is -0.484. The number of nitrogens with zero attached hydrogens (tertiary/aromatic N) is 1. The van der Waals surface area contributed by atoms with Crippen molar-refractivity contribution in [3.05, 3.63) is 60.7 Å². The van der Waals surface area contributed by atoms with Crippen LogP contribution >= 0.6 is 7.92 Å². The van der Waals surface area contributed by atoms with Gasteiger partial charge in [0.1, 0.15) is 0 Å². The second kappa shape index (κ2) is 7.76. The van der Waals surface area contributed by atoms with Crippen LogP contribution in [0.4, 0.5) is 0 Å². The Morgan fingerprint density at radius 2 is 1.48 bits per heavy atom. The van der Waals surface area contributed by atoms with Crippen LogP contribution in [-0.4, -0.2) is 29.6 Å². The largest absolute Gasteiger partial charge is 0.338 e. The summed E-state index contributed by atoms with van der Waals surface area (Å²) < 4.78 is 0. The number of hydrogen-bond acceptors (Lipinski definition) is 1. The topological polar surface area (TPSA) is 20.3 Å². The SMILES string of the molecule is CC1(C)C[C@@H](CP(c2ccccc2)c2ccccc2)N(C(=O)C(C)(C)C)C1. The summed E-state index contributed by atoms with van der Waals surface area (Å²) in [4.78, 5) is 15.3. The normalized spacial score (nSPS) is 19.5. The zero-order valence-electron chi connectivity index (χ0n) is 17.3. The lowest BCUT2D eigenvalue weighted by Crippen LogP contribution is -2.44. The van der Waals surface area contributed by atoms with E-state index in [0.717, 1.165) is 19.1 Å². The van der Waals surface area contributed by atoms with Gasteiger partial charge in [-0.1, -0.05) is 95.3 Å². The molecule has 1 aliphatic heterocycles. The smallest absolute Gasteiger partial charge is 0.228 e. The molecule has 1 aliphatic rings. The minimum atomic E-state index is -0.484. The Kier molecular flexibility index (Phi) is 5.77. The third kappa shape index (κ3) is 4.79. The van der Waals surface area contributed by atoms with Crippen molar-refractivity contribution in [1.82, 2.24) is 4.90 Å². The van der Waals surface area contributed by atoms with Gasteiger partial charge in [0.25, 0.3) is 0 Å². The van der Waals surface area contributed by atoms with Gasteiger partial charge < -0.3 is 4.90 Å². The van der Waals surface area contributed by atoms with Crippen molar-refractivity contribution < 1.29 is 4.79 Å². The first kappa shape index (κ1) is 20.1. The quantitative estimate of drug-likeness (QED) is 0.697. The minimum absolute atomic E-state index is 0.181. The number of carbonyl (C=O) groups excluding carboxylic acids is 1. The molecule has 27 heavy (non-hydrogen) atoms. The summed E-state index contributed by atoms with van der Waals surface area (Å²) in [6.07, 6.45) is 2.11. The number of carbonyl (C=O) groups is 1. The highest BCUT2D eigenvalue weighted by atomic mass is 31.1. The van der Waals surface area contributed by atoms with Crippen molar-refractivity contribution >= 4 is 24.4 Å². The standard InChI is InChI=1S/C24H32NOP/c1-23(2,3)22(26)25-18-24(4,5)16-19(25)17-27(20-12-8-6-9-13-20)21-14-10-7-11-15-21/h6-15,19H,16-18H2,1-5H3/t19-/m0/s1. The summed E-state index contributed by atoms with van der Waals surface area (Å²) in [5.74, 6) is 0.286. The van der Waals surface area contributed by atoms with Gasteiger partial charge in [0, 0.05) is 18.0 Å². The molecular weight excluding hydrogens is 349 g/mol. The summed E-state index contributed by atoms with van der Waals surface area (Å²) in [5, 5.41) is 2.79. The van der Waals surface area contributed by atoms with Crippen LogP contribution in [0.25, 0.3) is 0 Å². The lowest BCUT2D eigenvalue weighted by molar-refractivity contribution is -0.140. The van der Waals surface area contributed by atoms with E-state index in [-0.39, 0.29) is 16.7 Å². The molecule has 0 radical (unpaired) electrons. The fourth-order valence-corrected chi connectivity index (χ4v) is 6.55. The Morgan fingerprint density at radius 3 is 1.93 bits per heavy atom. The van der Waals surface area contributed by atoms with E-state index in [0.29, 0.717) is 6.04 Å². The number of amides is 1. The van der Waals surface area contributed by atoms with E-state index in [1.54, 1.807) is 0 Å². The Bertz CT molecular complexity index is 724. The van der Waals surface area contributed by atoms with Gasteiger partial charge in [-0.2, -0.15) is 0 Å². The van der Waals surface area contributed by atoms with Crippen LogP contribution in [0.3, 0.4) is 0 Å². The van der Waals surface area contributed by atoms with Gasteiger partial charge in [0.05, 0.1) is 0 Å². The van der Waals surface area contributed by atoms with Crippen LogP contribution in [0.15, 0.2) is 60.7 Å². The molecule has 0 aliphatic carbocycles.